The average Bonchev–Trinajstić information content (AvgIpc) is 3.25. The summed E-state index contributed by atoms with van der Waals surface area (Å²) in [5, 5.41) is 11.6. The molecule has 4 rings (SSSR count). The van der Waals surface area contributed by atoms with E-state index < -0.39 is 63.6 Å². The van der Waals surface area contributed by atoms with Crippen LogP contribution in [-0.4, -0.2) is 79.8 Å². The van der Waals surface area contributed by atoms with E-state index in [1.54, 1.807) is 29.2 Å². The van der Waals surface area contributed by atoms with Crippen molar-refractivity contribution in [3.05, 3.63) is 77.0 Å². The second-order valence-corrected chi connectivity index (χ2v) is 16.7. The van der Waals surface area contributed by atoms with Crippen LogP contribution in [0.25, 0.3) is 0 Å². The van der Waals surface area contributed by atoms with Gasteiger partial charge < -0.3 is 23.9 Å². The number of aromatic carboxylic acids is 1. The van der Waals surface area contributed by atoms with Crippen molar-refractivity contribution >= 4 is 53.4 Å². The number of hydrogen-bond acceptors (Lipinski definition) is 11. The van der Waals surface area contributed by atoms with Crippen LogP contribution in [0, 0.1) is 0 Å². The van der Waals surface area contributed by atoms with Crippen molar-refractivity contribution in [2.45, 2.75) is 56.3 Å². The number of anilines is 1. The summed E-state index contributed by atoms with van der Waals surface area (Å²) in [6.45, 7) is 7.64. The summed E-state index contributed by atoms with van der Waals surface area (Å²) in [6.07, 6.45) is 5.27. The van der Waals surface area contributed by atoms with Crippen molar-refractivity contribution in [1.82, 2.24) is 0 Å². The third kappa shape index (κ3) is 10.8. The van der Waals surface area contributed by atoms with Gasteiger partial charge >= 0.3 is 88.7 Å². The van der Waals surface area contributed by atoms with Crippen molar-refractivity contribution in [3.63, 3.8) is 0 Å². The Morgan fingerprint density at radius 1 is 0.878 bits per heavy atom. The Morgan fingerprint density at radius 3 is 2.06 bits per heavy atom. The smallest absolute Gasteiger partial charge is 0.748 e. The number of benzene rings is 2. The van der Waals surface area contributed by atoms with Crippen molar-refractivity contribution < 1.29 is 142 Å². The second-order valence-electron chi connectivity index (χ2n) is 12.3. The number of carbonyl (C=O) groups excluding carboxylic acids is 1. The van der Waals surface area contributed by atoms with E-state index in [0.29, 0.717) is 33.9 Å². The molecule has 0 fully saturated rings. The zero-order chi connectivity index (χ0) is 34.5. The van der Waals surface area contributed by atoms with Crippen LogP contribution in [-0.2, 0) is 41.2 Å². The molecule has 1 N–H and O–H groups in total. The zero-order valence-electron chi connectivity index (χ0n) is 28.6. The van der Waals surface area contributed by atoms with Crippen LogP contribution in [0.2, 0.25) is 0 Å². The van der Waals surface area contributed by atoms with Gasteiger partial charge in [0.2, 0.25) is 5.69 Å². The Bertz CT molecular complexity index is 2030. The minimum absolute atomic E-state index is 0. The predicted octanol–water partition coefficient (Wildman–Crippen LogP) is -7.21. The standard InChI is InChI=1S/C30H36N2O11S3.3Na/c1-29(2)22-18-20(28(33)34)10-12-24(22)31(14-6-16-44(35,36)37)26(29)8-5-9-27-30(3,4)23-19-21(46(41,42)43)11-13-25(23)32(27)15-7-17-45(38,39)40;;;/h5,8-13,18-19H,6-7,14-17H2,1-4H3,(H3-,33,34,35,36,37,38,39,40,41,42,43);;;/q;3*+1/p-2. The van der Waals surface area contributed by atoms with Crippen LogP contribution in [0.4, 0.5) is 11.4 Å². The van der Waals surface area contributed by atoms with E-state index in [2.05, 4.69) is 0 Å². The number of rotatable bonds is 12. The molecule has 0 saturated heterocycles. The van der Waals surface area contributed by atoms with E-state index in [-0.39, 0.29) is 120 Å². The molecular weight excluding hydrogens is 730 g/mol. The van der Waals surface area contributed by atoms with E-state index >= 15 is 0 Å². The molecule has 0 saturated carbocycles. The zero-order valence-corrected chi connectivity index (χ0v) is 37.0. The van der Waals surface area contributed by atoms with E-state index in [9.17, 15) is 48.8 Å². The fourth-order valence-corrected chi connectivity index (χ4v) is 7.60. The quantitative estimate of drug-likeness (QED) is 0.121. The molecule has 0 aromatic heterocycles. The number of carboxylic acids is 1. The Kier molecular flexibility index (Phi) is 16.3. The fraction of sp³-hybridized carbons (Fsp3) is 0.400. The van der Waals surface area contributed by atoms with Gasteiger partial charge in [0.25, 0.3) is 10.1 Å². The van der Waals surface area contributed by atoms with Crippen LogP contribution >= 0.6 is 0 Å². The Balaban J connectivity index is 0.00000400. The monoisotopic (exact) mass is 763 g/mol. The first-order valence-corrected chi connectivity index (χ1v) is 18.8. The minimum Gasteiger partial charge on any atom is -0.748 e. The molecule has 19 heteroatoms. The van der Waals surface area contributed by atoms with E-state index in [0.717, 1.165) is 0 Å². The number of fused-ring (bicyclic) bond motifs is 2. The molecular formula is C30H34N2Na3O11S3+. The van der Waals surface area contributed by atoms with Gasteiger partial charge in [-0.05, 0) is 67.8 Å². The Hall–Kier alpha value is -0.410. The largest absolute Gasteiger partial charge is 1.00 e. The third-order valence-corrected chi connectivity index (χ3v) is 10.8. The summed E-state index contributed by atoms with van der Waals surface area (Å²) in [5.74, 6) is -2.46. The molecule has 49 heavy (non-hydrogen) atoms. The van der Waals surface area contributed by atoms with Crippen molar-refractivity contribution in [2.24, 2.45) is 0 Å². The van der Waals surface area contributed by atoms with Gasteiger partial charge in [0.1, 0.15) is 16.7 Å². The van der Waals surface area contributed by atoms with Gasteiger partial charge in [0.05, 0.1) is 32.2 Å². The summed E-state index contributed by atoms with van der Waals surface area (Å²) in [5.41, 5.74) is 2.01. The molecule has 0 atom stereocenters. The Labute approximate surface area is 354 Å². The van der Waals surface area contributed by atoms with Gasteiger partial charge in [0, 0.05) is 53.2 Å². The molecule has 0 spiro atoms. The second kappa shape index (κ2) is 17.2. The molecule has 2 aliphatic rings. The maximum absolute atomic E-state index is 11.8. The maximum Gasteiger partial charge on any atom is 1.00 e. The van der Waals surface area contributed by atoms with Gasteiger partial charge in [-0.15, -0.1) is 0 Å². The van der Waals surface area contributed by atoms with Gasteiger partial charge in [-0.25, -0.2) is 16.8 Å². The predicted molar refractivity (Wildman–Crippen MR) is 166 cm³/mol. The van der Waals surface area contributed by atoms with E-state index in [1.165, 1.54) is 30.3 Å². The fourth-order valence-electron chi connectivity index (χ4n) is 6.13. The van der Waals surface area contributed by atoms with Crippen LogP contribution in [0.1, 0.15) is 62.0 Å². The molecule has 2 heterocycles. The van der Waals surface area contributed by atoms with Crippen LogP contribution in [0.15, 0.2) is 65.2 Å². The van der Waals surface area contributed by atoms with Gasteiger partial charge in [-0.1, -0.05) is 19.9 Å². The summed E-state index contributed by atoms with van der Waals surface area (Å²) in [6, 6.07) is 8.44. The molecule has 0 bridgehead atoms. The average molecular weight is 764 g/mol. The third-order valence-electron chi connectivity index (χ3n) is 8.35. The molecule has 250 valence electrons. The van der Waals surface area contributed by atoms with Crippen molar-refractivity contribution in [2.75, 3.05) is 29.5 Å². The number of allylic oxidation sites excluding steroid dienone is 4. The molecule has 2 aromatic rings. The van der Waals surface area contributed by atoms with Crippen molar-refractivity contribution in [1.29, 1.82) is 0 Å². The first-order chi connectivity index (χ1) is 21.0. The summed E-state index contributed by atoms with van der Waals surface area (Å²) in [7, 11) is -13.5. The van der Waals surface area contributed by atoms with Crippen molar-refractivity contribution in [3.8, 4) is 0 Å². The molecule has 2 aromatic carbocycles. The molecule has 0 amide bonds. The van der Waals surface area contributed by atoms with Gasteiger partial charge in [-0.2, -0.15) is 13.0 Å². The van der Waals surface area contributed by atoms with Gasteiger partial charge in [-0.3, -0.25) is 4.55 Å². The van der Waals surface area contributed by atoms with Crippen LogP contribution < -0.4 is 98.7 Å². The topological polar surface area (TPSA) is 215 Å². The normalized spacial score (nSPS) is 17.3. The first-order valence-electron chi connectivity index (χ1n) is 14.2. The number of carboxylic acid groups (broad SMARTS) is 1. The summed E-state index contributed by atoms with van der Waals surface area (Å²) in [4.78, 5) is 13.0. The van der Waals surface area contributed by atoms with E-state index in [4.69, 9.17) is 0 Å². The molecule has 0 aliphatic carbocycles. The number of carbonyl (C=O) groups is 1. The summed E-state index contributed by atoms with van der Waals surface area (Å²) < 4.78 is 103. The molecule has 2 aliphatic heterocycles. The van der Waals surface area contributed by atoms with E-state index in [1.807, 2.05) is 32.3 Å². The molecule has 0 radical (unpaired) electrons. The van der Waals surface area contributed by atoms with Crippen LogP contribution in [0.3, 0.4) is 0 Å². The maximum atomic E-state index is 11.8. The first kappa shape index (κ1) is 46.6. The SMILES string of the molecule is CC1(C)C(C=C/C=C2/N(CCCS(=O)(=O)[O-])c3ccc(S(=O)(=O)[O-])cc3C2(C)C)=[N+](CCCS(=O)(=O)O)c2ccc(C(=O)[O-])cc21.[Na+].[Na+].[Na+]. The molecule has 13 nitrogen and oxygen atoms in total. The summed E-state index contributed by atoms with van der Waals surface area (Å²) >= 11 is 0. The Morgan fingerprint density at radius 2 is 1.51 bits per heavy atom. The van der Waals surface area contributed by atoms with Crippen LogP contribution in [0.5, 0.6) is 0 Å². The molecule has 0 unspecified atom stereocenters. The number of nitrogens with zero attached hydrogens (tertiary/aromatic N) is 2. The van der Waals surface area contributed by atoms with Gasteiger partial charge in [0.15, 0.2) is 5.71 Å². The number of hydrogen-bond donors (Lipinski definition) is 1. The minimum atomic E-state index is -4.77.